The largest absolute Gasteiger partial charge is 0.380 e. The maximum Gasteiger partial charge on any atom is 0.140 e. The smallest absolute Gasteiger partial charge is 0.140 e. The molecular weight excluding hydrogens is 186 g/mol. The number of aryl methyl sites for hydroxylation is 1. The van der Waals surface area contributed by atoms with Crippen molar-refractivity contribution in [3.8, 4) is 0 Å². The number of rotatable bonds is 2. The number of aromatic nitrogens is 3. The second kappa shape index (κ2) is 3.27. The predicted octanol–water partition coefficient (Wildman–Crippen LogP) is 0.958. The molecule has 1 unspecified atom stereocenters. The Morgan fingerprint density at radius 3 is 2.92 bits per heavy atom. The van der Waals surface area contributed by atoms with Crippen LogP contribution in [0.3, 0.4) is 0 Å². The van der Waals surface area contributed by atoms with E-state index >= 15 is 0 Å². The fourth-order valence-electron chi connectivity index (χ4n) is 1.09. The molecule has 0 saturated carbocycles. The van der Waals surface area contributed by atoms with Gasteiger partial charge >= 0.3 is 0 Å². The average Bonchev–Trinajstić information content (AvgIpc) is 2.72. The Morgan fingerprint density at radius 1 is 1.54 bits per heavy atom. The third-order valence-electron chi connectivity index (χ3n) is 1.75. The van der Waals surface area contributed by atoms with Crippen molar-refractivity contribution in [1.82, 2.24) is 14.8 Å². The van der Waals surface area contributed by atoms with E-state index in [-0.39, 0.29) is 0 Å². The van der Waals surface area contributed by atoms with E-state index in [0.717, 1.165) is 0 Å². The highest BCUT2D eigenvalue weighted by Gasteiger charge is 2.14. The van der Waals surface area contributed by atoms with Crippen LogP contribution in [0.25, 0.3) is 0 Å². The van der Waals surface area contributed by atoms with Crippen LogP contribution in [0.4, 0.5) is 0 Å². The van der Waals surface area contributed by atoms with Crippen LogP contribution in [-0.4, -0.2) is 19.9 Å². The molecule has 0 bridgehead atoms. The van der Waals surface area contributed by atoms with Gasteiger partial charge in [-0.05, 0) is 6.07 Å². The molecule has 4 nitrogen and oxygen atoms in total. The SMILES string of the molecule is Cn1ccc(C(O)c2cscn2)n1. The average molecular weight is 195 g/mol. The lowest BCUT2D eigenvalue weighted by atomic mass is 10.2. The lowest BCUT2D eigenvalue weighted by Gasteiger charge is -2.02. The lowest BCUT2D eigenvalue weighted by Crippen LogP contribution is -2.01. The molecule has 5 heteroatoms. The maximum absolute atomic E-state index is 9.76. The zero-order chi connectivity index (χ0) is 9.26. The van der Waals surface area contributed by atoms with Crippen LogP contribution in [0.2, 0.25) is 0 Å². The summed E-state index contributed by atoms with van der Waals surface area (Å²) in [5.41, 5.74) is 2.98. The normalized spacial score (nSPS) is 13.1. The highest BCUT2D eigenvalue weighted by molar-refractivity contribution is 7.07. The molecule has 13 heavy (non-hydrogen) atoms. The topological polar surface area (TPSA) is 50.9 Å². The number of aliphatic hydroxyl groups excluding tert-OH is 1. The molecule has 2 aromatic heterocycles. The van der Waals surface area contributed by atoms with Gasteiger partial charge < -0.3 is 5.11 Å². The monoisotopic (exact) mass is 195 g/mol. The second-order valence-corrected chi connectivity index (χ2v) is 3.45. The Balaban J connectivity index is 2.28. The summed E-state index contributed by atoms with van der Waals surface area (Å²) in [6.07, 6.45) is 1.10. The van der Waals surface area contributed by atoms with Crippen LogP contribution >= 0.6 is 11.3 Å². The molecule has 0 saturated heterocycles. The Kier molecular flexibility index (Phi) is 2.12. The summed E-state index contributed by atoms with van der Waals surface area (Å²) in [4.78, 5) is 4.02. The van der Waals surface area contributed by atoms with Gasteiger partial charge in [-0.15, -0.1) is 11.3 Å². The van der Waals surface area contributed by atoms with Crippen LogP contribution in [0.15, 0.2) is 23.2 Å². The maximum atomic E-state index is 9.76. The van der Waals surface area contributed by atoms with Crippen molar-refractivity contribution in [1.29, 1.82) is 0 Å². The van der Waals surface area contributed by atoms with Gasteiger partial charge in [-0.1, -0.05) is 0 Å². The summed E-state index contributed by atoms with van der Waals surface area (Å²) < 4.78 is 1.66. The second-order valence-electron chi connectivity index (χ2n) is 2.73. The number of hydrogen-bond donors (Lipinski definition) is 1. The Morgan fingerprint density at radius 2 is 2.38 bits per heavy atom. The summed E-state index contributed by atoms with van der Waals surface area (Å²) in [5.74, 6) is 0. The van der Waals surface area contributed by atoms with Gasteiger partial charge in [0.1, 0.15) is 6.10 Å². The van der Waals surface area contributed by atoms with Gasteiger partial charge in [-0.3, -0.25) is 4.68 Å². The Bertz CT molecular complexity index is 382. The highest BCUT2D eigenvalue weighted by Crippen LogP contribution is 2.19. The van der Waals surface area contributed by atoms with Gasteiger partial charge in [0.15, 0.2) is 0 Å². The number of aliphatic hydroxyl groups is 1. The first kappa shape index (κ1) is 8.40. The molecule has 1 atom stereocenters. The fraction of sp³-hybridized carbons (Fsp3) is 0.250. The van der Waals surface area contributed by atoms with Gasteiger partial charge in [-0.2, -0.15) is 5.10 Å². The van der Waals surface area contributed by atoms with E-state index in [9.17, 15) is 5.11 Å². The standard InChI is InChI=1S/C8H9N3OS/c1-11-3-2-6(10-11)8(12)7-4-13-5-9-7/h2-5,8,12H,1H3. The summed E-state index contributed by atoms with van der Waals surface area (Å²) in [5, 5.41) is 15.7. The molecule has 0 spiro atoms. The van der Waals surface area contributed by atoms with Gasteiger partial charge in [0.05, 0.1) is 16.9 Å². The van der Waals surface area contributed by atoms with E-state index < -0.39 is 6.10 Å². The first-order chi connectivity index (χ1) is 6.27. The summed E-state index contributed by atoms with van der Waals surface area (Å²) in [6.45, 7) is 0. The first-order valence-electron chi connectivity index (χ1n) is 3.83. The van der Waals surface area contributed by atoms with E-state index in [4.69, 9.17) is 0 Å². The summed E-state index contributed by atoms with van der Waals surface area (Å²) in [6, 6.07) is 1.78. The van der Waals surface area contributed by atoms with Gasteiger partial charge in [0.25, 0.3) is 0 Å². The van der Waals surface area contributed by atoms with E-state index in [1.165, 1.54) is 11.3 Å². The molecule has 0 aliphatic heterocycles. The fourth-order valence-corrected chi connectivity index (χ4v) is 1.66. The van der Waals surface area contributed by atoms with E-state index in [1.807, 2.05) is 12.4 Å². The first-order valence-corrected chi connectivity index (χ1v) is 4.77. The quantitative estimate of drug-likeness (QED) is 0.776. The van der Waals surface area contributed by atoms with Crippen molar-refractivity contribution < 1.29 is 5.11 Å². The van der Waals surface area contributed by atoms with E-state index in [0.29, 0.717) is 11.4 Å². The van der Waals surface area contributed by atoms with Crippen LogP contribution < -0.4 is 0 Å². The van der Waals surface area contributed by atoms with Crippen molar-refractivity contribution in [3.63, 3.8) is 0 Å². The minimum atomic E-state index is -0.701. The molecule has 1 N–H and O–H groups in total. The summed E-state index contributed by atoms with van der Waals surface area (Å²) >= 11 is 1.46. The van der Waals surface area contributed by atoms with E-state index in [2.05, 4.69) is 10.1 Å². The molecule has 2 rings (SSSR count). The lowest BCUT2D eigenvalue weighted by molar-refractivity contribution is 0.210. The van der Waals surface area contributed by atoms with Crippen LogP contribution in [0.1, 0.15) is 17.5 Å². The van der Waals surface area contributed by atoms with Crippen LogP contribution in [-0.2, 0) is 7.05 Å². The molecule has 0 radical (unpaired) electrons. The number of hydrogen-bond acceptors (Lipinski definition) is 4. The van der Waals surface area contributed by atoms with Crippen molar-refractivity contribution in [2.75, 3.05) is 0 Å². The van der Waals surface area contributed by atoms with Gasteiger partial charge in [-0.25, -0.2) is 4.98 Å². The van der Waals surface area contributed by atoms with Gasteiger partial charge in [0, 0.05) is 18.6 Å². The number of nitrogens with zero attached hydrogens (tertiary/aromatic N) is 3. The third-order valence-corrected chi connectivity index (χ3v) is 2.35. The Labute approximate surface area is 79.5 Å². The minimum Gasteiger partial charge on any atom is -0.380 e. The molecule has 2 heterocycles. The summed E-state index contributed by atoms with van der Waals surface area (Å²) in [7, 11) is 1.82. The van der Waals surface area contributed by atoms with E-state index in [1.54, 1.807) is 22.5 Å². The molecule has 0 fully saturated rings. The third kappa shape index (κ3) is 1.61. The van der Waals surface area contributed by atoms with Crippen molar-refractivity contribution in [2.24, 2.45) is 7.05 Å². The van der Waals surface area contributed by atoms with Crippen LogP contribution in [0, 0.1) is 0 Å². The molecule has 0 aliphatic rings. The van der Waals surface area contributed by atoms with Crippen LogP contribution in [0.5, 0.6) is 0 Å². The molecular formula is C8H9N3OS. The molecule has 0 aromatic carbocycles. The Hall–Kier alpha value is -1.20. The highest BCUT2D eigenvalue weighted by atomic mass is 32.1. The van der Waals surface area contributed by atoms with Crippen molar-refractivity contribution >= 4 is 11.3 Å². The molecule has 2 aromatic rings. The molecule has 0 amide bonds. The minimum absolute atomic E-state index is 0.633. The zero-order valence-corrected chi connectivity index (χ0v) is 7.90. The van der Waals surface area contributed by atoms with Gasteiger partial charge in [0.2, 0.25) is 0 Å². The zero-order valence-electron chi connectivity index (χ0n) is 7.08. The predicted molar refractivity (Wildman–Crippen MR) is 49.4 cm³/mol. The van der Waals surface area contributed by atoms with Crippen molar-refractivity contribution in [3.05, 3.63) is 34.5 Å². The van der Waals surface area contributed by atoms with Crippen molar-refractivity contribution in [2.45, 2.75) is 6.10 Å². The number of thiazole rings is 1. The molecule has 0 aliphatic carbocycles. The molecule has 68 valence electrons.